The molecule has 1 aliphatic heterocycles. The van der Waals surface area contributed by atoms with Crippen LogP contribution in [-0.2, 0) is 14.8 Å². The van der Waals surface area contributed by atoms with Gasteiger partial charge in [-0.1, -0.05) is 6.07 Å². The van der Waals surface area contributed by atoms with Crippen LogP contribution in [0.1, 0.15) is 38.5 Å². The number of rotatable bonds is 9. The Hall–Kier alpha value is -3.77. The van der Waals surface area contributed by atoms with Gasteiger partial charge in [-0.05, 0) is 62.9 Å². The number of carbonyl (C=O) groups is 1. The van der Waals surface area contributed by atoms with E-state index in [-0.39, 0.29) is 23.9 Å². The first-order valence-electron chi connectivity index (χ1n) is 12.3. The fourth-order valence-corrected chi connectivity index (χ4v) is 5.17. The summed E-state index contributed by atoms with van der Waals surface area (Å²) in [6, 6.07) is 11.0. The van der Waals surface area contributed by atoms with Crippen LogP contribution in [-0.4, -0.2) is 62.2 Å². The first kappa shape index (κ1) is 27.3. The van der Waals surface area contributed by atoms with Crippen molar-refractivity contribution in [3.05, 3.63) is 54.2 Å². The molecule has 1 fully saturated rings. The molecule has 4 rings (SSSR count). The molecule has 3 N–H and O–H groups in total. The number of sulfonamides is 1. The first-order chi connectivity index (χ1) is 18.2. The molecule has 1 saturated heterocycles. The van der Waals surface area contributed by atoms with E-state index in [0.29, 0.717) is 43.0 Å². The number of carbonyl (C=O) groups excluding carboxylic acids is 1. The van der Waals surface area contributed by atoms with Crippen molar-refractivity contribution in [2.24, 2.45) is 5.92 Å². The number of hydrogen-bond acceptors (Lipinski definition) is 10. The van der Waals surface area contributed by atoms with Gasteiger partial charge in [0.1, 0.15) is 11.6 Å². The van der Waals surface area contributed by atoms with Crippen LogP contribution in [0.3, 0.4) is 0 Å². The zero-order chi connectivity index (χ0) is 27.3. The summed E-state index contributed by atoms with van der Waals surface area (Å²) in [6.45, 7) is 5.80. The normalized spacial score (nSPS) is 14.5. The van der Waals surface area contributed by atoms with Crippen LogP contribution in [0.4, 0.5) is 11.6 Å². The molecule has 1 amide bonds. The Morgan fingerprint density at radius 2 is 1.92 bits per heavy atom. The molecule has 3 aromatic heterocycles. The van der Waals surface area contributed by atoms with Gasteiger partial charge < -0.3 is 20.1 Å². The highest BCUT2D eigenvalue weighted by Crippen LogP contribution is 2.29. The Bertz CT molecular complexity index is 1380. The second-order valence-corrected chi connectivity index (χ2v) is 11.0. The number of piperidine rings is 1. The number of nitrogens with two attached hydrogens (primary N) is 1. The largest absolute Gasteiger partial charge is 0.475 e. The summed E-state index contributed by atoms with van der Waals surface area (Å²) in [6.07, 6.45) is 3.37. The molecule has 0 saturated carbocycles. The molecular formula is C26H34N6O5S. The lowest BCUT2D eigenvalue weighted by atomic mass is 9.97. The summed E-state index contributed by atoms with van der Waals surface area (Å²) in [5.74, 6) is 0.532. The summed E-state index contributed by atoms with van der Waals surface area (Å²) in [7, 11) is -2.57. The van der Waals surface area contributed by atoms with E-state index < -0.39 is 15.9 Å². The van der Waals surface area contributed by atoms with Crippen LogP contribution in [0, 0.1) is 5.92 Å². The zero-order valence-electron chi connectivity index (χ0n) is 21.6. The number of nitrogens with zero attached hydrogens (tertiary/aromatic N) is 4. The fraction of sp³-hybridized carbons (Fsp3) is 0.385. The summed E-state index contributed by atoms with van der Waals surface area (Å²) in [4.78, 5) is 28.2. The van der Waals surface area contributed by atoms with Crippen molar-refractivity contribution < 1.29 is 24.1 Å². The standard InChI is InChI=1S/C26H32N6O5S.H2/c1-17(2)37-23-10-7-19(15-28-23)21-9-8-20(25(29-21)32-13-11-18(12-14-32)16-36-3)26(33)31-38(34,35)24-6-4-5-22(27)30-24;/h4-10,15,17-18H,11-14,16H2,1-3H3,(H2,27,30)(H,31,33);1H. The number of anilines is 2. The van der Waals surface area contributed by atoms with Gasteiger partial charge in [-0.3, -0.25) is 4.79 Å². The third-order valence-electron chi connectivity index (χ3n) is 6.07. The predicted octanol–water partition coefficient (Wildman–Crippen LogP) is 3.14. The molecule has 0 bridgehead atoms. The predicted molar refractivity (Wildman–Crippen MR) is 145 cm³/mol. The van der Waals surface area contributed by atoms with E-state index in [0.717, 1.165) is 18.4 Å². The second kappa shape index (κ2) is 11.7. The van der Waals surface area contributed by atoms with Gasteiger partial charge in [0, 0.05) is 46.1 Å². The van der Waals surface area contributed by atoms with Crippen LogP contribution >= 0.6 is 0 Å². The monoisotopic (exact) mass is 542 g/mol. The minimum absolute atomic E-state index is 0. The number of nitrogens with one attached hydrogen (secondary N) is 1. The van der Waals surface area contributed by atoms with Crippen molar-refractivity contribution in [3.8, 4) is 17.1 Å². The Balaban J connectivity index is 0.00000420. The maximum Gasteiger partial charge on any atom is 0.281 e. The lowest BCUT2D eigenvalue weighted by Crippen LogP contribution is -2.38. The SMILES string of the molecule is COCC1CCN(c2nc(-c3ccc(OC(C)C)nc3)ccc2C(=O)NS(=O)(=O)c2cccc(N)n2)CC1.[HH]. The molecule has 4 heterocycles. The van der Waals surface area contributed by atoms with E-state index in [1.54, 1.807) is 31.5 Å². The van der Waals surface area contributed by atoms with Crippen molar-refractivity contribution in [3.63, 3.8) is 0 Å². The number of methoxy groups -OCH3 is 1. The lowest BCUT2D eigenvalue weighted by molar-refractivity contribution is 0.0981. The third kappa shape index (κ3) is 6.56. The maximum absolute atomic E-state index is 13.3. The Morgan fingerprint density at radius 3 is 2.55 bits per heavy atom. The van der Waals surface area contributed by atoms with Gasteiger partial charge in [-0.2, -0.15) is 8.42 Å². The molecule has 0 unspecified atom stereocenters. The Morgan fingerprint density at radius 1 is 1.16 bits per heavy atom. The van der Waals surface area contributed by atoms with E-state index in [9.17, 15) is 13.2 Å². The number of aromatic nitrogens is 3. The molecule has 0 radical (unpaired) electrons. The van der Waals surface area contributed by atoms with E-state index >= 15 is 0 Å². The van der Waals surface area contributed by atoms with Gasteiger partial charge in [0.2, 0.25) is 5.88 Å². The van der Waals surface area contributed by atoms with Gasteiger partial charge in [-0.15, -0.1) is 0 Å². The molecule has 0 atom stereocenters. The molecule has 38 heavy (non-hydrogen) atoms. The number of nitrogen functional groups attached to an aromatic ring is 1. The number of ether oxygens (including phenoxy) is 2. The van der Waals surface area contributed by atoms with Gasteiger partial charge >= 0.3 is 0 Å². The molecule has 11 nitrogen and oxygen atoms in total. The molecule has 0 spiro atoms. The second-order valence-electron chi connectivity index (χ2n) is 9.34. The van der Waals surface area contributed by atoms with Crippen LogP contribution in [0.15, 0.2) is 53.7 Å². The minimum Gasteiger partial charge on any atom is -0.475 e. The highest BCUT2D eigenvalue weighted by Gasteiger charge is 2.27. The zero-order valence-corrected chi connectivity index (χ0v) is 22.4. The Kier molecular flexibility index (Phi) is 8.42. The highest BCUT2D eigenvalue weighted by atomic mass is 32.2. The number of pyridine rings is 3. The quantitative estimate of drug-likeness (QED) is 0.413. The van der Waals surface area contributed by atoms with E-state index in [4.69, 9.17) is 20.2 Å². The van der Waals surface area contributed by atoms with E-state index in [1.165, 1.54) is 18.2 Å². The van der Waals surface area contributed by atoms with Crippen molar-refractivity contribution in [2.75, 3.05) is 37.4 Å². The van der Waals surface area contributed by atoms with Crippen LogP contribution < -0.4 is 20.1 Å². The molecule has 12 heteroatoms. The number of amides is 1. The summed E-state index contributed by atoms with van der Waals surface area (Å²) < 4.78 is 38.7. The van der Waals surface area contributed by atoms with Gasteiger partial charge in [0.25, 0.3) is 15.9 Å². The molecular weight excluding hydrogens is 508 g/mol. The van der Waals surface area contributed by atoms with Crippen molar-refractivity contribution >= 4 is 27.6 Å². The van der Waals surface area contributed by atoms with Gasteiger partial charge in [0.05, 0.1) is 17.4 Å². The molecule has 3 aromatic rings. The fourth-order valence-electron chi connectivity index (χ4n) is 4.23. The van der Waals surface area contributed by atoms with Crippen molar-refractivity contribution in [1.82, 2.24) is 19.7 Å². The summed E-state index contributed by atoms with van der Waals surface area (Å²) in [5, 5.41) is -0.341. The topological polar surface area (TPSA) is 150 Å². The highest BCUT2D eigenvalue weighted by molar-refractivity contribution is 7.90. The average Bonchev–Trinajstić information content (AvgIpc) is 2.89. The Labute approximate surface area is 223 Å². The molecule has 204 valence electrons. The van der Waals surface area contributed by atoms with E-state index in [2.05, 4.69) is 14.7 Å². The molecule has 0 aliphatic carbocycles. The van der Waals surface area contributed by atoms with Crippen molar-refractivity contribution in [1.29, 1.82) is 0 Å². The van der Waals surface area contributed by atoms with Crippen LogP contribution in [0.25, 0.3) is 11.3 Å². The summed E-state index contributed by atoms with van der Waals surface area (Å²) in [5.41, 5.74) is 7.10. The third-order valence-corrected chi connectivity index (χ3v) is 7.30. The van der Waals surface area contributed by atoms with Crippen LogP contribution in [0.2, 0.25) is 0 Å². The molecule has 0 aromatic carbocycles. The average molecular weight is 543 g/mol. The van der Waals surface area contributed by atoms with Gasteiger partial charge in [0.15, 0.2) is 5.03 Å². The smallest absolute Gasteiger partial charge is 0.281 e. The summed E-state index contributed by atoms with van der Waals surface area (Å²) >= 11 is 0. The van der Waals surface area contributed by atoms with Crippen LogP contribution in [0.5, 0.6) is 5.88 Å². The number of hydrogen-bond donors (Lipinski definition) is 2. The minimum atomic E-state index is -4.25. The first-order valence-corrected chi connectivity index (χ1v) is 13.8. The van der Waals surface area contributed by atoms with E-state index in [1.807, 2.05) is 24.8 Å². The van der Waals surface area contributed by atoms with Crippen molar-refractivity contribution in [2.45, 2.75) is 37.8 Å². The maximum atomic E-state index is 13.3. The lowest BCUT2D eigenvalue weighted by Gasteiger charge is -2.33. The molecule has 1 aliphatic rings. The van der Waals surface area contributed by atoms with Gasteiger partial charge in [-0.25, -0.2) is 19.7 Å².